The summed E-state index contributed by atoms with van der Waals surface area (Å²) in [5.41, 5.74) is 0.774. The number of rotatable bonds is 1. The highest BCUT2D eigenvalue weighted by atomic mass is 16.5. The van der Waals surface area contributed by atoms with Crippen molar-refractivity contribution in [1.29, 1.82) is 0 Å². The maximum absolute atomic E-state index is 10.7. The van der Waals surface area contributed by atoms with E-state index in [0.717, 1.165) is 11.8 Å². The van der Waals surface area contributed by atoms with Crippen molar-refractivity contribution < 1.29 is 14.6 Å². The minimum absolute atomic E-state index is 0.195. The van der Waals surface area contributed by atoms with E-state index >= 15 is 0 Å². The van der Waals surface area contributed by atoms with E-state index in [1.807, 2.05) is 12.1 Å². The van der Waals surface area contributed by atoms with Gasteiger partial charge in [0.25, 0.3) is 0 Å². The average molecular weight is 178 g/mol. The van der Waals surface area contributed by atoms with E-state index in [9.17, 15) is 9.90 Å². The van der Waals surface area contributed by atoms with Crippen molar-refractivity contribution in [3.63, 3.8) is 0 Å². The fourth-order valence-corrected chi connectivity index (χ4v) is 1.54. The van der Waals surface area contributed by atoms with Gasteiger partial charge in [-0.25, -0.2) is 0 Å². The predicted molar refractivity (Wildman–Crippen MR) is 46.7 cm³/mol. The van der Waals surface area contributed by atoms with Crippen LogP contribution < -0.4 is 4.74 Å². The van der Waals surface area contributed by atoms with E-state index in [4.69, 9.17) is 4.74 Å². The number of carbonyl (C=O) groups excluding carboxylic acids is 1. The Morgan fingerprint density at radius 1 is 1.46 bits per heavy atom. The van der Waals surface area contributed by atoms with Gasteiger partial charge in [0.1, 0.15) is 24.7 Å². The minimum Gasteiger partial charge on any atom is -0.491 e. The molecule has 1 N–H and O–H groups in total. The topological polar surface area (TPSA) is 46.5 Å². The Kier molecular flexibility index (Phi) is 2.02. The molecule has 0 aliphatic carbocycles. The van der Waals surface area contributed by atoms with Crippen LogP contribution in [0.25, 0.3) is 0 Å². The third-order valence-electron chi connectivity index (χ3n) is 2.25. The van der Waals surface area contributed by atoms with Gasteiger partial charge < -0.3 is 14.6 Å². The van der Waals surface area contributed by atoms with Gasteiger partial charge in [0.2, 0.25) is 0 Å². The summed E-state index contributed by atoms with van der Waals surface area (Å²) in [5.74, 6) is 0.259. The Bertz CT molecular complexity index is 322. The van der Waals surface area contributed by atoms with Crippen molar-refractivity contribution >= 4 is 6.29 Å². The number of aliphatic hydroxyl groups excluding tert-OH is 1. The Morgan fingerprint density at radius 2 is 2.23 bits per heavy atom. The molecule has 0 amide bonds. The second-order valence-corrected chi connectivity index (χ2v) is 3.08. The monoisotopic (exact) mass is 178 g/mol. The second kappa shape index (κ2) is 3.18. The molecule has 1 aromatic carbocycles. The Hall–Kier alpha value is -1.35. The molecule has 0 saturated heterocycles. The molecule has 0 fully saturated rings. The highest BCUT2D eigenvalue weighted by molar-refractivity contribution is 5.66. The zero-order valence-corrected chi connectivity index (χ0v) is 7.01. The summed E-state index contributed by atoms with van der Waals surface area (Å²) in [6.07, 6.45) is 0.0545. The summed E-state index contributed by atoms with van der Waals surface area (Å²) < 4.78 is 5.26. The van der Waals surface area contributed by atoms with Crippen LogP contribution in [-0.2, 0) is 4.79 Å². The Balaban J connectivity index is 2.45. The summed E-state index contributed by atoms with van der Waals surface area (Å²) in [7, 11) is 0. The van der Waals surface area contributed by atoms with Gasteiger partial charge in [-0.2, -0.15) is 0 Å². The van der Waals surface area contributed by atoms with Crippen LogP contribution in [0.4, 0.5) is 0 Å². The summed E-state index contributed by atoms with van der Waals surface area (Å²) in [4.78, 5) is 10.7. The van der Waals surface area contributed by atoms with Crippen molar-refractivity contribution in [3.8, 4) is 5.75 Å². The van der Waals surface area contributed by atoms with Crippen LogP contribution in [0, 0.1) is 0 Å². The van der Waals surface area contributed by atoms with Crippen LogP contribution in [0.15, 0.2) is 24.3 Å². The van der Waals surface area contributed by atoms with Gasteiger partial charge in [-0.1, -0.05) is 18.2 Å². The first-order chi connectivity index (χ1) is 6.33. The third kappa shape index (κ3) is 1.31. The number of para-hydroxylation sites is 1. The van der Waals surface area contributed by atoms with Gasteiger partial charge in [-0.15, -0.1) is 0 Å². The highest BCUT2D eigenvalue weighted by Gasteiger charge is 2.28. The number of carbonyl (C=O) groups is 1. The lowest BCUT2D eigenvalue weighted by Crippen LogP contribution is -2.31. The van der Waals surface area contributed by atoms with E-state index in [1.165, 1.54) is 0 Å². The first-order valence-corrected chi connectivity index (χ1v) is 4.18. The van der Waals surface area contributed by atoms with Gasteiger partial charge in [-0.05, 0) is 6.07 Å². The van der Waals surface area contributed by atoms with Crippen molar-refractivity contribution in [3.05, 3.63) is 29.8 Å². The highest BCUT2D eigenvalue weighted by Crippen LogP contribution is 2.31. The molecule has 0 saturated carbocycles. The van der Waals surface area contributed by atoms with Gasteiger partial charge in [-0.3, -0.25) is 0 Å². The quantitative estimate of drug-likeness (QED) is 0.644. The zero-order chi connectivity index (χ0) is 9.26. The molecule has 0 aromatic heterocycles. The standard InChI is InChI=1S/C10H10O3/c11-5-8-7-3-1-2-4-10(7)13-6-9(8)12/h1-5,8-9,12H,6H2. The summed E-state index contributed by atoms with van der Waals surface area (Å²) in [6.45, 7) is 0.195. The number of hydrogen-bond acceptors (Lipinski definition) is 3. The predicted octanol–water partition coefficient (Wildman–Crippen LogP) is 0.722. The van der Waals surface area contributed by atoms with Crippen molar-refractivity contribution in [2.45, 2.75) is 12.0 Å². The smallest absolute Gasteiger partial charge is 0.130 e. The molecule has 3 heteroatoms. The largest absolute Gasteiger partial charge is 0.491 e. The van der Waals surface area contributed by atoms with Crippen LogP contribution in [0.2, 0.25) is 0 Å². The fraction of sp³-hybridized carbons (Fsp3) is 0.300. The first kappa shape index (κ1) is 8.26. The van der Waals surface area contributed by atoms with E-state index in [-0.39, 0.29) is 6.61 Å². The van der Waals surface area contributed by atoms with Crippen molar-refractivity contribution in [2.24, 2.45) is 0 Å². The van der Waals surface area contributed by atoms with E-state index in [0.29, 0.717) is 5.75 Å². The maximum atomic E-state index is 10.7. The molecule has 2 atom stereocenters. The molecule has 13 heavy (non-hydrogen) atoms. The number of fused-ring (bicyclic) bond motifs is 1. The lowest BCUT2D eigenvalue weighted by molar-refractivity contribution is -0.112. The molecule has 1 aromatic rings. The van der Waals surface area contributed by atoms with Crippen LogP contribution in [0.1, 0.15) is 11.5 Å². The normalized spacial score (nSPS) is 25.9. The third-order valence-corrected chi connectivity index (χ3v) is 2.25. The maximum Gasteiger partial charge on any atom is 0.130 e. The number of aliphatic hydroxyl groups is 1. The second-order valence-electron chi connectivity index (χ2n) is 3.08. The van der Waals surface area contributed by atoms with Crippen LogP contribution >= 0.6 is 0 Å². The molecule has 3 nitrogen and oxygen atoms in total. The molecule has 2 rings (SSSR count). The van der Waals surface area contributed by atoms with E-state index in [2.05, 4.69) is 0 Å². The minimum atomic E-state index is -0.715. The number of aldehydes is 1. The average Bonchev–Trinajstić information content (AvgIpc) is 2.18. The fourth-order valence-electron chi connectivity index (χ4n) is 1.54. The Labute approximate surface area is 76.0 Å². The molecule has 0 bridgehead atoms. The summed E-state index contributed by atoms with van der Waals surface area (Å²) in [5, 5.41) is 9.46. The SMILES string of the molecule is O=CC1c2ccccc2OCC1O. The van der Waals surface area contributed by atoms with Crippen LogP contribution in [0.5, 0.6) is 5.75 Å². The van der Waals surface area contributed by atoms with E-state index < -0.39 is 12.0 Å². The first-order valence-electron chi connectivity index (χ1n) is 4.18. The van der Waals surface area contributed by atoms with Gasteiger partial charge in [0.15, 0.2) is 0 Å². The number of hydrogen-bond donors (Lipinski definition) is 1. The van der Waals surface area contributed by atoms with E-state index in [1.54, 1.807) is 12.1 Å². The lowest BCUT2D eigenvalue weighted by Gasteiger charge is -2.26. The molecule has 0 spiro atoms. The van der Waals surface area contributed by atoms with Crippen LogP contribution in [0.3, 0.4) is 0 Å². The lowest BCUT2D eigenvalue weighted by atomic mass is 9.92. The number of ether oxygens (including phenoxy) is 1. The molecule has 0 radical (unpaired) electrons. The molecule has 1 aliphatic rings. The molecule has 1 heterocycles. The van der Waals surface area contributed by atoms with Crippen LogP contribution in [-0.4, -0.2) is 24.1 Å². The van der Waals surface area contributed by atoms with Crippen molar-refractivity contribution in [1.82, 2.24) is 0 Å². The Morgan fingerprint density at radius 3 is 3.00 bits per heavy atom. The van der Waals surface area contributed by atoms with Gasteiger partial charge >= 0.3 is 0 Å². The molecule has 1 aliphatic heterocycles. The van der Waals surface area contributed by atoms with Crippen molar-refractivity contribution in [2.75, 3.05) is 6.61 Å². The summed E-state index contributed by atoms with van der Waals surface area (Å²) >= 11 is 0. The summed E-state index contributed by atoms with van der Waals surface area (Å²) in [6, 6.07) is 7.28. The molecular weight excluding hydrogens is 168 g/mol. The molecular formula is C10H10O3. The molecule has 68 valence electrons. The zero-order valence-electron chi connectivity index (χ0n) is 7.01. The number of benzene rings is 1. The van der Waals surface area contributed by atoms with Gasteiger partial charge in [0.05, 0.1) is 5.92 Å². The van der Waals surface area contributed by atoms with Gasteiger partial charge in [0, 0.05) is 5.56 Å². The molecule has 2 unspecified atom stereocenters.